The molecule has 0 radical (unpaired) electrons. The second kappa shape index (κ2) is 5.10. The van der Waals surface area contributed by atoms with Crippen LogP contribution < -0.4 is 5.56 Å². The first kappa shape index (κ1) is 14.5. The molecule has 112 valence electrons. The Hall–Kier alpha value is -2.41. The van der Waals surface area contributed by atoms with E-state index in [2.05, 4.69) is 15.9 Å². The minimum atomic E-state index is -0.468. The van der Waals surface area contributed by atoms with Gasteiger partial charge in [0.2, 0.25) is 0 Å². The number of hydrogen-bond donors (Lipinski definition) is 0. The summed E-state index contributed by atoms with van der Waals surface area (Å²) in [5, 5.41) is 11.4. The number of aryl methyl sites for hydroxylation is 2. The van der Waals surface area contributed by atoms with Crippen molar-refractivity contribution in [3.63, 3.8) is 0 Å². The van der Waals surface area contributed by atoms with Crippen molar-refractivity contribution in [1.82, 2.24) is 9.36 Å². The van der Waals surface area contributed by atoms with Gasteiger partial charge in [-0.2, -0.15) is 0 Å². The van der Waals surface area contributed by atoms with Gasteiger partial charge in [0.05, 0.1) is 21.5 Å². The van der Waals surface area contributed by atoms with Gasteiger partial charge in [0, 0.05) is 23.2 Å². The normalized spacial score (nSPS) is 11.0. The van der Waals surface area contributed by atoms with Gasteiger partial charge >= 0.3 is 0 Å². The van der Waals surface area contributed by atoms with E-state index in [0.717, 1.165) is 4.47 Å². The molecule has 0 amide bonds. The first-order valence-corrected chi connectivity index (χ1v) is 7.32. The summed E-state index contributed by atoms with van der Waals surface area (Å²) in [7, 11) is 1.76. The van der Waals surface area contributed by atoms with Gasteiger partial charge in [-0.1, -0.05) is 22.0 Å². The van der Waals surface area contributed by atoms with Gasteiger partial charge in [-0.05, 0) is 31.2 Å². The highest BCUT2D eigenvalue weighted by atomic mass is 79.9. The Labute approximate surface area is 133 Å². The summed E-state index contributed by atoms with van der Waals surface area (Å²) in [6.07, 6.45) is 0. The number of nitro benzene ring substituents is 1. The fourth-order valence-corrected chi connectivity index (χ4v) is 2.96. The van der Waals surface area contributed by atoms with Gasteiger partial charge in [0.15, 0.2) is 0 Å². The molecule has 0 N–H and O–H groups in total. The Balaban J connectivity index is 2.39. The maximum absolute atomic E-state index is 12.7. The molecule has 0 saturated carbocycles. The zero-order valence-corrected chi connectivity index (χ0v) is 13.5. The quantitative estimate of drug-likeness (QED) is 0.519. The van der Waals surface area contributed by atoms with Crippen LogP contribution in [-0.2, 0) is 7.05 Å². The Bertz CT molecular complexity index is 972. The van der Waals surface area contributed by atoms with Crippen LogP contribution in [0.4, 0.5) is 5.69 Å². The zero-order chi connectivity index (χ0) is 16.0. The molecule has 22 heavy (non-hydrogen) atoms. The molecule has 0 aliphatic heterocycles. The van der Waals surface area contributed by atoms with Gasteiger partial charge in [0.1, 0.15) is 0 Å². The predicted octanol–water partition coefficient (Wildman–Crippen LogP) is 3.31. The summed E-state index contributed by atoms with van der Waals surface area (Å²) in [6, 6.07) is 10.3. The van der Waals surface area contributed by atoms with E-state index in [9.17, 15) is 14.9 Å². The van der Waals surface area contributed by atoms with E-state index in [-0.39, 0.29) is 11.2 Å². The number of nitrogens with zero attached hydrogens (tertiary/aromatic N) is 3. The van der Waals surface area contributed by atoms with Gasteiger partial charge in [-0.15, -0.1) is 0 Å². The minimum absolute atomic E-state index is 0.0448. The van der Waals surface area contributed by atoms with Crippen molar-refractivity contribution < 1.29 is 4.92 Å². The lowest BCUT2D eigenvalue weighted by atomic mass is 10.1. The molecule has 3 aromatic rings. The van der Waals surface area contributed by atoms with Crippen LogP contribution in [0, 0.1) is 17.0 Å². The van der Waals surface area contributed by atoms with E-state index >= 15 is 0 Å². The third-order valence-corrected chi connectivity index (χ3v) is 4.13. The molecular weight excluding hydrogens is 350 g/mol. The topological polar surface area (TPSA) is 70.1 Å². The number of aromatic nitrogens is 2. The van der Waals surface area contributed by atoms with E-state index in [4.69, 9.17) is 0 Å². The molecule has 2 aromatic carbocycles. The van der Waals surface area contributed by atoms with Crippen molar-refractivity contribution in [2.75, 3.05) is 0 Å². The first-order valence-electron chi connectivity index (χ1n) is 6.53. The van der Waals surface area contributed by atoms with E-state index in [1.807, 2.05) is 24.3 Å². The highest BCUT2D eigenvalue weighted by molar-refractivity contribution is 9.10. The minimum Gasteiger partial charge on any atom is -0.280 e. The van der Waals surface area contributed by atoms with Crippen LogP contribution in [-0.4, -0.2) is 14.3 Å². The molecular formula is C15H12BrN3O3. The standard InChI is InChI=1S/C15H12BrN3O3/c1-9-6-14-12(8-13(9)19(21)22)15(20)18(17(14)2)11-5-3-4-10(16)7-11/h3-8H,1-2H3. The number of rotatable bonds is 2. The lowest BCUT2D eigenvalue weighted by Crippen LogP contribution is -2.19. The van der Waals surface area contributed by atoms with Crippen molar-refractivity contribution in [1.29, 1.82) is 0 Å². The van der Waals surface area contributed by atoms with Crippen molar-refractivity contribution >= 4 is 32.5 Å². The molecule has 0 aliphatic carbocycles. The Morgan fingerprint density at radius 1 is 1.23 bits per heavy atom. The van der Waals surface area contributed by atoms with Crippen LogP contribution in [0.25, 0.3) is 16.6 Å². The molecule has 0 atom stereocenters. The van der Waals surface area contributed by atoms with Gasteiger partial charge in [-0.3, -0.25) is 19.6 Å². The SMILES string of the molecule is Cc1cc2c(cc1[N+](=O)[O-])c(=O)n(-c1cccc(Br)c1)n2C. The van der Waals surface area contributed by atoms with Crippen LogP contribution in [0.15, 0.2) is 45.7 Å². The third-order valence-electron chi connectivity index (χ3n) is 3.64. The lowest BCUT2D eigenvalue weighted by Gasteiger charge is -2.08. The fourth-order valence-electron chi connectivity index (χ4n) is 2.57. The van der Waals surface area contributed by atoms with Crippen LogP contribution in [0.5, 0.6) is 0 Å². The number of nitro groups is 1. The average molecular weight is 362 g/mol. The molecule has 6 nitrogen and oxygen atoms in total. The zero-order valence-electron chi connectivity index (χ0n) is 11.9. The summed E-state index contributed by atoms with van der Waals surface area (Å²) < 4.78 is 4.05. The third kappa shape index (κ3) is 2.14. The monoisotopic (exact) mass is 361 g/mol. The van der Waals surface area contributed by atoms with Gasteiger partial charge in [0.25, 0.3) is 11.2 Å². The van der Waals surface area contributed by atoms with Gasteiger partial charge in [-0.25, -0.2) is 4.68 Å². The molecule has 0 aliphatic rings. The molecule has 3 rings (SSSR count). The Morgan fingerprint density at radius 2 is 1.95 bits per heavy atom. The van der Waals surface area contributed by atoms with Crippen LogP contribution >= 0.6 is 15.9 Å². The maximum atomic E-state index is 12.7. The second-order valence-electron chi connectivity index (χ2n) is 5.03. The molecule has 1 heterocycles. The summed E-state index contributed by atoms with van der Waals surface area (Å²) in [5.74, 6) is 0. The van der Waals surface area contributed by atoms with E-state index < -0.39 is 4.92 Å². The van der Waals surface area contributed by atoms with Crippen molar-refractivity contribution in [2.24, 2.45) is 7.05 Å². The van der Waals surface area contributed by atoms with Crippen LogP contribution in [0.2, 0.25) is 0 Å². The summed E-state index contributed by atoms with van der Waals surface area (Å²) in [6.45, 7) is 1.67. The number of hydrogen-bond acceptors (Lipinski definition) is 3. The molecule has 0 fully saturated rings. The molecule has 7 heteroatoms. The summed E-state index contributed by atoms with van der Waals surface area (Å²) in [5.41, 5.74) is 1.56. The van der Waals surface area contributed by atoms with E-state index in [1.54, 1.807) is 24.7 Å². The Morgan fingerprint density at radius 3 is 2.59 bits per heavy atom. The molecule has 0 unspecified atom stereocenters. The molecule has 0 spiro atoms. The highest BCUT2D eigenvalue weighted by Gasteiger charge is 2.18. The van der Waals surface area contributed by atoms with Crippen molar-refractivity contribution in [2.45, 2.75) is 6.92 Å². The van der Waals surface area contributed by atoms with E-state index in [1.165, 1.54) is 10.7 Å². The number of fused-ring (bicyclic) bond motifs is 1. The van der Waals surface area contributed by atoms with Crippen LogP contribution in [0.1, 0.15) is 5.56 Å². The van der Waals surface area contributed by atoms with E-state index in [0.29, 0.717) is 22.2 Å². The summed E-state index contributed by atoms with van der Waals surface area (Å²) in [4.78, 5) is 23.3. The van der Waals surface area contributed by atoms with Crippen molar-refractivity contribution in [3.8, 4) is 5.69 Å². The summed E-state index contributed by atoms with van der Waals surface area (Å²) >= 11 is 3.38. The second-order valence-corrected chi connectivity index (χ2v) is 5.95. The van der Waals surface area contributed by atoms with Gasteiger partial charge < -0.3 is 0 Å². The number of benzene rings is 2. The molecule has 1 aromatic heterocycles. The molecule has 0 saturated heterocycles. The van der Waals surface area contributed by atoms with Crippen LogP contribution in [0.3, 0.4) is 0 Å². The fraction of sp³-hybridized carbons (Fsp3) is 0.133. The molecule has 0 bridgehead atoms. The number of halogens is 1. The smallest absolute Gasteiger partial charge is 0.279 e. The highest BCUT2D eigenvalue weighted by Crippen LogP contribution is 2.25. The Kier molecular flexibility index (Phi) is 3.37. The maximum Gasteiger partial charge on any atom is 0.279 e. The lowest BCUT2D eigenvalue weighted by molar-refractivity contribution is -0.385. The average Bonchev–Trinajstić information content (AvgIpc) is 2.69. The van der Waals surface area contributed by atoms with Crippen molar-refractivity contribution in [3.05, 3.63) is 66.9 Å². The predicted molar refractivity (Wildman–Crippen MR) is 87.6 cm³/mol. The largest absolute Gasteiger partial charge is 0.280 e. The first-order chi connectivity index (χ1) is 10.4.